The molecule has 0 aliphatic rings. The molecule has 3 rings (SSSR count). The molecule has 0 heterocycles. The predicted octanol–water partition coefficient (Wildman–Crippen LogP) is 5.80. The third-order valence-electron chi connectivity index (χ3n) is 4.42. The molecule has 0 spiro atoms. The monoisotopic (exact) mass is 541 g/mol. The van der Waals surface area contributed by atoms with Crippen molar-refractivity contribution in [3.8, 4) is 0 Å². The Labute approximate surface area is 218 Å². The third kappa shape index (κ3) is 10.1. The Balaban J connectivity index is 0.000000429. The van der Waals surface area contributed by atoms with Crippen molar-refractivity contribution in [1.29, 1.82) is 0 Å². The molecule has 31 heavy (non-hydrogen) atoms. The van der Waals surface area contributed by atoms with Crippen LogP contribution < -0.4 is 14.7 Å². The molecule has 0 radical (unpaired) electrons. The zero-order chi connectivity index (χ0) is 22.7. The van der Waals surface area contributed by atoms with Crippen molar-refractivity contribution >= 4 is 17.1 Å². The quantitative estimate of drug-likeness (QED) is 0.388. The Morgan fingerprint density at radius 1 is 0.419 bits per heavy atom. The molecule has 3 aromatic rings. The molecule has 0 aliphatic carbocycles. The van der Waals surface area contributed by atoms with Gasteiger partial charge in [0.25, 0.3) is 0 Å². The Hall–Kier alpha value is -2.14. The summed E-state index contributed by atoms with van der Waals surface area (Å²) in [5.41, 5.74) is 6.78. The molecule has 3 nitrogen and oxygen atoms in total. The fourth-order valence-electron chi connectivity index (χ4n) is 2.84. The van der Waals surface area contributed by atoms with Crippen molar-refractivity contribution in [3.63, 3.8) is 0 Å². The van der Waals surface area contributed by atoms with Gasteiger partial charge in [-0.25, -0.2) is 0 Å². The average molecular weight is 542 g/mol. The van der Waals surface area contributed by atoms with Gasteiger partial charge in [-0.05, 0) is 42.3 Å². The molecule has 0 saturated carbocycles. The summed E-state index contributed by atoms with van der Waals surface area (Å²) in [6.45, 7) is 11.7. The zero-order valence-electron chi connectivity index (χ0n) is 20.0. The molecule has 0 amide bonds. The molecule has 0 N–H and O–H groups in total. The Bertz CT molecular complexity index is 771. The molecule has 0 unspecified atom stereocenters. The van der Waals surface area contributed by atoms with Crippen LogP contribution in [0.3, 0.4) is 0 Å². The summed E-state index contributed by atoms with van der Waals surface area (Å²) in [5.74, 6) is 0. The molecule has 0 bridgehead atoms. The Morgan fingerprint density at radius 3 is 0.742 bits per heavy atom. The first-order valence-electron chi connectivity index (χ1n) is 9.90. The molecule has 0 aromatic heterocycles. The van der Waals surface area contributed by atoms with Crippen LogP contribution in [0.1, 0.15) is 16.7 Å². The van der Waals surface area contributed by atoms with Crippen molar-refractivity contribution in [2.75, 3.05) is 57.0 Å². The van der Waals surface area contributed by atoms with Crippen LogP contribution in [0.4, 0.5) is 17.1 Å². The average Bonchev–Trinajstić information content (AvgIpc) is 2.69. The summed E-state index contributed by atoms with van der Waals surface area (Å²) in [4.78, 5) is 6.17. The maximum Gasteiger partial charge on any atom is 3.00 e. The fraction of sp³-hybridized carbons (Fsp3) is 0.222. The molecule has 162 valence electrons. The van der Waals surface area contributed by atoms with E-state index in [0.29, 0.717) is 0 Å². The standard InChI is InChI=1S/3C9H12N.La/c3*1-8-6-4-5-7-9(8)10(2)3;/h3*4-7H,1H2,2-3H3;/q3*-1;+3. The van der Waals surface area contributed by atoms with Gasteiger partial charge in [-0.15, -0.1) is 18.2 Å². The van der Waals surface area contributed by atoms with Crippen molar-refractivity contribution in [3.05, 3.63) is 110 Å². The number of benzene rings is 3. The van der Waals surface area contributed by atoms with Crippen LogP contribution in [0.15, 0.2) is 72.8 Å². The van der Waals surface area contributed by atoms with Gasteiger partial charge in [-0.2, -0.15) is 55.7 Å². The first kappa shape index (κ1) is 28.9. The number of hydrogen-bond acceptors (Lipinski definition) is 3. The van der Waals surface area contributed by atoms with Gasteiger partial charge in [0.2, 0.25) is 0 Å². The maximum absolute atomic E-state index is 3.90. The zero-order valence-corrected chi connectivity index (χ0v) is 23.6. The number of para-hydroxylation sites is 3. The van der Waals surface area contributed by atoms with Crippen LogP contribution in [0.25, 0.3) is 0 Å². The summed E-state index contributed by atoms with van der Waals surface area (Å²) in [5, 5.41) is 0. The minimum absolute atomic E-state index is 0. The Kier molecular flexibility index (Phi) is 13.8. The predicted molar refractivity (Wildman–Crippen MR) is 136 cm³/mol. The van der Waals surface area contributed by atoms with Gasteiger partial charge in [0.05, 0.1) is 0 Å². The minimum atomic E-state index is 0. The fourth-order valence-corrected chi connectivity index (χ4v) is 2.84. The van der Waals surface area contributed by atoms with Crippen LogP contribution in [-0.4, -0.2) is 42.3 Å². The molecular formula is C27H36LaN3. The SMILES string of the molecule is [CH2-]c1ccccc1N(C)C.[CH2-]c1ccccc1N(C)C.[CH2-]c1ccccc1N(C)C.[La+3]. The van der Waals surface area contributed by atoms with E-state index in [1.807, 2.05) is 96.9 Å². The van der Waals surface area contributed by atoms with Crippen LogP contribution >= 0.6 is 0 Å². The summed E-state index contributed by atoms with van der Waals surface area (Å²) in [6.07, 6.45) is 0. The summed E-state index contributed by atoms with van der Waals surface area (Å²) >= 11 is 0. The molecule has 4 heteroatoms. The Morgan fingerprint density at radius 2 is 0.613 bits per heavy atom. The third-order valence-corrected chi connectivity index (χ3v) is 4.42. The van der Waals surface area contributed by atoms with Crippen molar-refractivity contribution in [2.24, 2.45) is 0 Å². The second-order valence-corrected chi connectivity index (χ2v) is 7.57. The van der Waals surface area contributed by atoms with Gasteiger partial charge in [0.1, 0.15) is 0 Å². The molecular weight excluding hydrogens is 505 g/mol. The van der Waals surface area contributed by atoms with E-state index < -0.39 is 0 Å². The molecule has 0 aliphatic heterocycles. The van der Waals surface area contributed by atoms with Gasteiger partial charge in [-0.3, -0.25) is 0 Å². The van der Waals surface area contributed by atoms with E-state index in [9.17, 15) is 0 Å². The van der Waals surface area contributed by atoms with E-state index in [1.165, 1.54) is 17.1 Å². The van der Waals surface area contributed by atoms with Crippen LogP contribution in [-0.2, 0) is 0 Å². The smallest absolute Gasteiger partial charge is 0.428 e. The van der Waals surface area contributed by atoms with E-state index in [0.717, 1.165) is 16.7 Å². The van der Waals surface area contributed by atoms with Gasteiger partial charge in [0, 0.05) is 0 Å². The van der Waals surface area contributed by atoms with Gasteiger partial charge in [0.15, 0.2) is 0 Å². The molecule has 0 fully saturated rings. The first-order valence-corrected chi connectivity index (χ1v) is 9.90. The molecule has 3 aromatic carbocycles. The van der Waals surface area contributed by atoms with E-state index in [2.05, 4.69) is 53.7 Å². The van der Waals surface area contributed by atoms with Crippen LogP contribution in [0.5, 0.6) is 0 Å². The number of hydrogen-bond donors (Lipinski definition) is 0. The maximum atomic E-state index is 3.90. The van der Waals surface area contributed by atoms with Crippen LogP contribution in [0, 0.1) is 56.4 Å². The molecule has 0 atom stereocenters. The summed E-state index contributed by atoms with van der Waals surface area (Å²) < 4.78 is 0. The topological polar surface area (TPSA) is 9.72 Å². The van der Waals surface area contributed by atoms with E-state index >= 15 is 0 Å². The normalized spacial score (nSPS) is 9.10. The van der Waals surface area contributed by atoms with E-state index in [1.54, 1.807) is 0 Å². The summed E-state index contributed by atoms with van der Waals surface area (Å²) in [6, 6.07) is 24.2. The number of nitrogens with zero attached hydrogens (tertiary/aromatic N) is 3. The second kappa shape index (κ2) is 14.8. The summed E-state index contributed by atoms with van der Waals surface area (Å²) in [7, 11) is 12.1. The van der Waals surface area contributed by atoms with Gasteiger partial charge >= 0.3 is 35.6 Å². The minimum Gasteiger partial charge on any atom is -0.428 e. The van der Waals surface area contributed by atoms with Crippen molar-refractivity contribution < 1.29 is 35.6 Å². The van der Waals surface area contributed by atoms with E-state index in [4.69, 9.17) is 0 Å². The van der Waals surface area contributed by atoms with Crippen molar-refractivity contribution in [1.82, 2.24) is 0 Å². The van der Waals surface area contributed by atoms with Crippen molar-refractivity contribution in [2.45, 2.75) is 0 Å². The van der Waals surface area contributed by atoms with Gasteiger partial charge in [-0.1, -0.05) is 53.5 Å². The van der Waals surface area contributed by atoms with Gasteiger partial charge < -0.3 is 14.7 Å². The second-order valence-electron chi connectivity index (χ2n) is 7.57. The largest absolute Gasteiger partial charge is 3.00 e. The molecule has 0 saturated heterocycles. The van der Waals surface area contributed by atoms with Crippen LogP contribution in [0.2, 0.25) is 0 Å². The number of rotatable bonds is 3. The number of anilines is 3. The first-order chi connectivity index (χ1) is 14.1. The van der Waals surface area contributed by atoms with E-state index in [-0.39, 0.29) is 35.6 Å².